The Labute approximate surface area is 165 Å². The third-order valence-corrected chi connectivity index (χ3v) is 6.89. The van der Waals surface area contributed by atoms with Crippen LogP contribution in [0.25, 0.3) is 0 Å². The van der Waals surface area contributed by atoms with Crippen molar-refractivity contribution in [3.05, 3.63) is 23.8 Å². The maximum Gasteiger partial charge on any atom is 0.231 e. The van der Waals surface area contributed by atoms with Crippen LogP contribution in [0, 0.1) is 5.92 Å². The van der Waals surface area contributed by atoms with Gasteiger partial charge in [0.2, 0.25) is 18.6 Å². The molecule has 2 unspecified atom stereocenters. The molecule has 3 heterocycles. The third kappa shape index (κ3) is 3.23. The predicted octanol–water partition coefficient (Wildman–Crippen LogP) is 2.91. The van der Waals surface area contributed by atoms with E-state index in [1.54, 1.807) is 0 Å². The molecule has 0 bridgehead atoms. The Kier molecular flexibility index (Phi) is 4.65. The van der Waals surface area contributed by atoms with Crippen molar-refractivity contribution < 1.29 is 19.1 Å². The average molecular weight is 384 g/mol. The first-order chi connectivity index (χ1) is 13.7. The van der Waals surface area contributed by atoms with Gasteiger partial charge in [-0.3, -0.25) is 9.59 Å². The molecule has 150 valence electrons. The molecule has 1 aliphatic carbocycles. The van der Waals surface area contributed by atoms with E-state index < -0.39 is 0 Å². The van der Waals surface area contributed by atoms with Gasteiger partial charge in [0, 0.05) is 38.0 Å². The lowest BCUT2D eigenvalue weighted by molar-refractivity contribution is -0.135. The molecule has 1 saturated carbocycles. The molecular weight excluding hydrogens is 356 g/mol. The smallest absolute Gasteiger partial charge is 0.231 e. The first kappa shape index (κ1) is 17.8. The fourth-order valence-electron chi connectivity index (χ4n) is 5.30. The van der Waals surface area contributed by atoms with Gasteiger partial charge in [0.15, 0.2) is 11.5 Å². The summed E-state index contributed by atoms with van der Waals surface area (Å²) in [6, 6.07) is 6.44. The number of amides is 2. The lowest BCUT2D eigenvalue weighted by Crippen LogP contribution is -2.40. The Morgan fingerprint density at radius 3 is 2.68 bits per heavy atom. The second-order valence-electron chi connectivity index (χ2n) is 8.62. The number of hydrogen-bond acceptors (Lipinski definition) is 4. The van der Waals surface area contributed by atoms with Crippen LogP contribution in [-0.4, -0.2) is 54.1 Å². The molecule has 4 aliphatic rings. The van der Waals surface area contributed by atoms with Crippen molar-refractivity contribution in [3.8, 4) is 11.5 Å². The normalized spacial score (nSPS) is 27.6. The summed E-state index contributed by atoms with van der Waals surface area (Å²) in [7, 11) is 0. The number of rotatable bonds is 3. The van der Waals surface area contributed by atoms with Gasteiger partial charge in [-0.15, -0.1) is 0 Å². The molecule has 28 heavy (non-hydrogen) atoms. The van der Waals surface area contributed by atoms with Crippen LogP contribution < -0.4 is 9.47 Å². The monoisotopic (exact) mass is 384 g/mol. The molecule has 1 aromatic carbocycles. The maximum atomic E-state index is 13.1. The second kappa shape index (κ2) is 7.30. The summed E-state index contributed by atoms with van der Waals surface area (Å²) >= 11 is 0. The fourth-order valence-corrected chi connectivity index (χ4v) is 5.30. The zero-order valence-electron chi connectivity index (χ0n) is 16.3. The minimum atomic E-state index is -0.162. The lowest BCUT2D eigenvalue weighted by Gasteiger charge is -2.31. The quantitative estimate of drug-likeness (QED) is 0.804. The van der Waals surface area contributed by atoms with E-state index in [2.05, 4.69) is 6.07 Å². The molecule has 2 atom stereocenters. The van der Waals surface area contributed by atoms with Crippen molar-refractivity contribution >= 4 is 11.8 Å². The first-order valence-corrected chi connectivity index (χ1v) is 10.7. The summed E-state index contributed by atoms with van der Waals surface area (Å²) in [5, 5.41) is 0. The van der Waals surface area contributed by atoms with Crippen LogP contribution in [0.5, 0.6) is 11.5 Å². The van der Waals surface area contributed by atoms with Crippen molar-refractivity contribution in [1.29, 1.82) is 0 Å². The van der Waals surface area contributed by atoms with Gasteiger partial charge in [-0.05, 0) is 37.0 Å². The van der Waals surface area contributed by atoms with Crippen LogP contribution in [0.2, 0.25) is 0 Å². The summed E-state index contributed by atoms with van der Waals surface area (Å²) in [5.41, 5.74) is 1.20. The molecular formula is C22H28N2O4. The molecule has 1 aromatic rings. The molecule has 3 aliphatic heterocycles. The van der Waals surface area contributed by atoms with E-state index in [-0.39, 0.29) is 24.5 Å². The van der Waals surface area contributed by atoms with Gasteiger partial charge in [0.25, 0.3) is 0 Å². The number of ether oxygens (including phenoxy) is 2. The summed E-state index contributed by atoms with van der Waals surface area (Å²) in [6.07, 6.45) is 7.23. The Hall–Kier alpha value is -2.24. The van der Waals surface area contributed by atoms with E-state index in [1.807, 2.05) is 21.9 Å². The van der Waals surface area contributed by atoms with Gasteiger partial charge in [-0.25, -0.2) is 0 Å². The highest BCUT2D eigenvalue weighted by Gasteiger charge is 2.41. The standard InChI is InChI=1S/C22H28N2O4/c25-21-11-17(13-24(21)18-4-2-1-3-5-18)22(26)23-9-8-16(12-23)15-6-7-19-20(10-15)28-14-27-19/h6-7,10,16-18H,1-5,8-9,11-14H2. The minimum absolute atomic E-state index is 0.162. The van der Waals surface area contributed by atoms with Crippen LogP contribution in [0.3, 0.4) is 0 Å². The van der Waals surface area contributed by atoms with Crippen molar-refractivity contribution in [2.75, 3.05) is 26.4 Å². The van der Waals surface area contributed by atoms with E-state index in [0.717, 1.165) is 43.9 Å². The van der Waals surface area contributed by atoms with E-state index in [1.165, 1.54) is 24.8 Å². The van der Waals surface area contributed by atoms with E-state index in [4.69, 9.17) is 9.47 Å². The van der Waals surface area contributed by atoms with E-state index in [0.29, 0.717) is 24.9 Å². The molecule has 0 aromatic heterocycles. The highest BCUT2D eigenvalue weighted by atomic mass is 16.7. The number of likely N-dealkylation sites (tertiary alicyclic amines) is 2. The number of fused-ring (bicyclic) bond motifs is 1. The topological polar surface area (TPSA) is 59.1 Å². The van der Waals surface area contributed by atoms with Crippen molar-refractivity contribution in [3.63, 3.8) is 0 Å². The molecule has 6 heteroatoms. The molecule has 2 amide bonds. The Bertz CT molecular complexity index is 774. The van der Waals surface area contributed by atoms with Gasteiger partial charge in [0.05, 0.1) is 5.92 Å². The highest BCUT2D eigenvalue weighted by Crippen LogP contribution is 2.38. The zero-order chi connectivity index (χ0) is 19.1. The van der Waals surface area contributed by atoms with E-state index in [9.17, 15) is 9.59 Å². The Morgan fingerprint density at radius 2 is 1.82 bits per heavy atom. The van der Waals surface area contributed by atoms with Crippen molar-refractivity contribution in [2.24, 2.45) is 5.92 Å². The number of nitrogens with zero attached hydrogens (tertiary/aromatic N) is 2. The maximum absolute atomic E-state index is 13.1. The van der Waals surface area contributed by atoms with Gasteiger partial charge in [0.1, 0.15) is 0 Å². The average Bonchev–Trinajstić information content (AvgIpc) is 3.46. The lowest BCUT2D eigenvalue weighted by atomic mass is 9.94. The molecule has 2 saturated heterocycles. The summed E-state index contributed by atoms with van der Waals surface area (Å²) < 4.78 is 10.9. The van der Waals surface area contributed by atoms with Gasteiger partial charge >= 0.3 is 0 Å². The van der Waals surface area contributed by atoms with Crippen molar-refractivity contribution in [1.82, 2.24) is 9.80 Å². The number of benzene rings is 1. The van der Waals surface area contributed by atoms with Gasteiger partial charge in [-0.2, -0.15) is 0 Å². The highest BCUT2D eigenvalue weighted by molar-refractivity contribution is 5.89. The fraction of sp³-hybridized carbons (Fsp3) is 0.636. The summed E-state index contributed by atoms with van der Waals surface area (Å²) in [6.45, 7) is 2.40. The molecule has 0 N–H and O–H groups in total. The molecule has 3 fully saturated rings. The minimum Gasteiger partial charge on any atom is -0.454 e. The van der Waals surface area contributed by atoms with Crippen molar-refractivity contribution in [2.45, 2.75) is 56.9 Å². The van der Waals surface area contributed by atoms with Crippen LogP contribution in [0.15, 0.2) is 18.2 Å². The zero-order valence-corrected chi connectivity index (χ0v) is 16.3. The molecule has 0 radical (unpaired) electrons. The van der Waals surface area contributed by atoms with Crippen LogP contribution in [-0.2, 0) is 9.59 Å². The third-order valence-electron chi connectivity index (χ3n) is 6.89. The van der Waals surface area contributed by atoms with Gasteiger partial charge in [-0.1, -0.05) is 25.3 Å². The number of carbonyl (C=O) groups excluding carboxylic acids is 2. The van der Waals surface area contributed by atoms with Crippen LogP contribution in [0.4, 0.5) is 0 Å². The Morgan fingerprint density at radius 1 is 1.00 bits per heavy atom. The molecule has 0 spiro atoms. The second-order valence-corrected chi connectivity index (χ2v) is 8.62. The Balaban J connectivity index is 1.21. The number of carbonyl (C=O) groups is 2. The predicted molar refractivity (Wildman–Crippen MR) is 103 cm³/mol. The molecule has 5 rings (SSSR count). The molecule has 6 nitrogen and oxygen atoms in total. The first-order valence-electron chi connectivity index (χ1n) is 10.7. The van der Waals surface area contributed by atoms with E-state index >= 15 is 0 Å². The summed E-state index contributed by atoms with van der Waals surface area (Å²) in [5.74, 6) is 2.09. The summed E-state index contributed by atoms with van der Waals surface area (Å²) in [4.78, 5) is 29.6. The van der Waals surface area contributed by atoms with Crippen LogP contribution >= 0.6 is 0 Å². The SMILES string of the molecule is O=C(C1CC(=O)N(C2CCCCC2)C1)N1CCC(c2ccc3c(c2)OCO3)C1. The largest absolute Gasteiger partial charge is 0.454 e. The number of hydrogen-bond donors (Lipinski definition) is 0. The van der Waals surface area contributed by atoms with Crippen LogP contribution in [0.1, 0.15) is 56.4 Å². The van der Waals surface area contributed by atoms with Gasteiger partial charge < -0.3 is 19.3 Å².